The molecule has 7 heteroatoms. The van der Waals surface area contributed by atoms with E-state index in [0.29, 0.717) is 18.5 Å². The molecule has 0 N–H and O–H groups in total. The lowest BCUT2D eigenvalue weighted by Crippen LogP contribution is -2.34. The van der Waals surface area contributed by atoms with Crippen molar-refractivity contribution >= 4 is 0 Å². The van der Waals surface area contributed by atoms with E-state index in [1.807, 2.05) is 24.4 Å². The lowest BCUT2D eigenvalue weighted by molar-refractivity contribution is 0.114. The van der Waals surface area contributed by atoms with Crippen molar-refractivity contribution in [2.24, 2.45) is 5.92 Å². The van der Waals surface area contributed by atoms with Crippen molar-refractivity contribution in [1.82, 2.24) is 30.1 Å². The summed E-state index contributed by atoms with van der Waals surface area (Å²) in [7, 11) is 0. The molecule has 1 aliphatic rings. The van der Waals surface area contributed by atoms with Gasteiger partial charge in [0.1, 0.15) is 5.76 Å². The van der Waals surface area contributed by atoms with Gasteiger partial charge < -0.3 is 4.42 Å². The fourth-order valence-corrected chi connectivity index (χ4v) is 4.27. The van der Waals surface area contributed by atoms with Gasteiger partial charge in [0.05, 0.1) is 24.9 Å². The molecule has 148 valence electrons. The van der Waals surface area contributed by atoms with Gasteiger partial charge in [-0.1, -0.05) is 32.8 Å². The maximum absolute atomic E-state index is 5.66. The van der Waals surface area contributed by atoms with Gasteiger partial charge in [-0.05, 0) is 52.9 Å². The number of hydrogen-bond donors (Lipinski definition) is 0. The van der Waals surface area contributed by atoms with Gasteiger partial charge >= 0.3 is 0 Å². The summed E-state index contributed by atoms with van der Waals surface area (Å²) in [5.74, 6) is 2.24. The van der Waals surface area contributed by atoms with E-state index in [1.165, 1.54) is 18.4 Å². The summed E-state index contributed by atoms with van der Waals surface area (Å²) in [5.41, 5.74) is 1.17. The Kier molecular flexibility index (Phi) is 5.81. The van der Waals surface area contributed by atoms with Crippen LogP contribution in [0.5, 0.6) is 0 Å². The fraction of sp³-hybridized carbons (Fsp3) is 0.524. The first kappa shape index (κ1) is 18.8. The van der Waals surface area contributed by atoms with Gasteiger partial charge in [-0.25, -0.2) is 4.68 Å². The number of nitrogens with zero attached hydrogens (tertiary/aromatic N) is 6. The highest BCUT2D eigenvalue weighted by molar-refractivity contribution is 5.11. The smallest absolute Gasteiger partial charge is 0.168 e. The number of pyridine rings is 1. The van der Waals surface area contributed by atoms with Gasteiger partial charge in [0, 0.05) is 18.9 Å². The van der Waals surface area contributed by atoms with Gasteiger partial charge in [-0.15, -0.1) is 5.10 Å². The molecule has 0 aromatic carbocycles. The maximum atomic E-state index is 5.66. The Balaban J connectivity index is 1.67. The normalized spacial score (nSPS) is 16.3. The second kappa shape index (κ2) is 8.65. The van der Waals surface area contributed by atoms with Crippen molar-refractivity contribution in [3.63, 3.8) is 0 Å². The third kappa shape index (κ3) is 4.14. The van der Waals surface area contributed by atoms with Gasteiger partial charge in [-0.3, -0.25) is 9.88 Å². The minimum Gasteiger partial charge on any atom is -0.468 e. The summed E-state index contributed by atoms with van der Waals surface area (Å²) in [6, 6.07) is 8.54. The highest BCUT2D eigenvalue weighted by atomic mass is 16.3. The van der Waals surface area contributed by atoms with Gasteiger partial charge in [0.25, 0.3) is 0 Å². The Bertz CT molecular complexity index is 839. The number of furan rings is 1. The largest absolute Gasteiger partial charge is 0.468 e. The van der Waals surface area contributed by atoms with Crippen LogP contribution in [0.1, 0.15) is 68.8 Å². The van der Waals surface area contributed by atoms with Crippen LogP contribution in [-0.4, -0.2) is 30.1 Å². The molecule has 3 aromatic rings. The molecule has 0 bridgehead atoms. The van der Waals surface area contributed by atoms with E-state index < -0.39 is 0 Å². The van der Waals surface area contributed by atoms with Crippen LogP contribution in [-0.2, 0) is 13.1 Å². The van der Waals surface area contributed by atoms with E-state index in [4.69, 9.17) is 4.42 Å². The topological polar surface area (TPSA) is 72.9 Å². The first-order chi connectivity index (χ1) is 13.7. The summed E-state index contributed by atoms with van der Waals surface area (Å²) in [6.45, 7) is 5.92. The maximum Gasteiger partial charge on any atom is 0.168 e. The molecule has 1 saturated carbocycles. The van der Waals surface area contributed by atoms with Crippen molar-refractivity contribution in [3.8, 4) is 0 Å². The third-order valence-corrected chi connectivity index (χ3v) is 5.53. The molecule has 0 unspecified atom stereocenters. The molecular weight excluding hydrogens is 352 g/mol. The molecule has 1 aliphatic carbocycles. The first-order valence-electron chi connectivity index (χ1n) is 10.2. The Morgan fingerprint density at radius 3 is 2.71 bits per heavy atom. The number of aromatic nitrogens is 5. The Labute approximate surface area is 165 Å². The molecule has 1 fully saturated rings. The SMILES string of the molecule is CC(C)[C@@H](c1nnnn1C1CCCC1)N(Cc1cccnc1)Cc1ccco1. The number of tetrazole rings is 1. The third-order valence-electron chi connectivity index (χ3n) is 5.53. The molecule has 7 nitrogen and oxygen atoms in total. The van der Waals surface area contributed by atoms with Crippen molar-refractivity contribution in [3.05, 3.63) is 60.1 Å². The molecule has 0 spiro atoms. The lowest BCUT2D eigenvalue weighted by atomic mass is 10.00. The summed E-state index contributed by atoms with van der Waals surface area (Å²) in [6.07, 6.45) is 10.3. The van der Waals surface area contributed by atoms with E-state index in [1.54, 1.807) is 12.5 Å². The number of hydrogen-bond acceptors (Lipinski definition) is 6. The zero-order chi connectivity index (χ0) is 19.3. The van der Waals surface area contributed by atoms with Crippen molar-refractivity contribution < 1.29 is 4.42 Å². The molecule has 1 atom stereocenters. The molecule has 0 saturated heterocycles. The zero-order valence-corrected chi connectivity index (χ0v) is 16.6. The quantitative estimate of drug-likeness (QED) is 0.584. The average molecular weight is 380 g/mol. The highest BCUT2D eigenvalue weighted by Crippen LogP contribution is 2.35. The van der Waals surface area contributed by atoms with Crippen LogP contribution in [0.25, 0.3) is 0 Å². The van der Waals surface area contributed by atoms with Crippen LogP contribution in [0.2, 0.25) is 0 Å². The van der Waals surface area contributed by atoms with Crippen LogP contribution in [0, 0.1) is 5.92 Å². The molecule has 0 amide bonds. The molecule has 28 heavy (non-hydrogen) atoms. The summed E-state index contributed by atoms with van der Waals surface area (Å²) in [5, 5.41) is 12.9. The fourth-order valence-electron chi connectivity index (χ4n) is 4.27. The van der Waals surface area contributed by atoms with Gasteiger partial charge in [0.2, 0.25) is 0 Å². The van der Waals surface area contributed by atoms with Gasteiger partial charge in [0.15, 0.2) is 5.82 Å². The summed E-state index contributed by atoms with van der Waals surface area (Å²) >= 11 is 0. The van der Waals surface area contributed by atoms with E-state index in [9.17, 15) is 0 Å². The van der Waals surface area contributed by atoms with Crippen LogP contribution in [0.4, 0.5) is 0 Å². The van der Waals surface area contributed by atoms with Crippen LogP contribution in [0.15, 0.2) is 47.3 Å². The standard InChI is InChI=1S/C21H28N6O/c1-16(2)20(21-23-24-25-27(21)18-8-3-4-9-18)26(15-19-10-6-12-28-19)14-17-7-5-11-22-13-17/h5-7,10-13,16,18,20H,3-4,8-9,14-15H2,1-2H3/t20-/m0/s1. The molecule has 0 aliphatic heterocycles. The predicted molar refractivity (Wildman–Crippen MR) is 105 cm³/mol. The second-order valence-corrected chi connectivity index (χ2v) is 7.95. The molecular formula is C21H28N6O. The zero-order valence-electron chi connectivity index (χ0n) is 16.6. The predicted octanol–water partition coefficient (Wildman–Crippen LogP) is 4.18. The Morgan fingerprint density at radius 1 is 1.18 bits per heavy atom. The van der Waals surface area contributed by atoms with Crippen molar-refractivity contribution in [1.29, 1.82) is 0 Å². The molecule has 4 rings (SSSR count). The van der Waals surface area contributed by atoms with Crippen LogP contribution >= 0.6 is 0 Å². The van der Waals surface area contributed by atoms with E-state index >= 15 is 0 Å². The monoisotopic (exact) mass is 380 g/mol. The second-order valence-electron chi connectivity index (χ2n) is 7.95. The first-order valence-corrected chi connectivity index (χ1v) is 10.2. The summed E-state index contributed by atoms with van der Waals surface area (Å²) < 4.78 is 7.74. The van der Waals surface area contributed by atoms with E-state index in [0.717, 1.165) is 31.0 Å². The minimum atomic E-state index is 0.0842. The van der Waals surface area contributed by atoms with Crippen molar-refractivity contribution in [2.75, 3.05) is 0 Å². The molecule has 3 aromatic heterocycles. The summed E-state index contributed by atoms with van der Waals surface area (Å²) in [4.78, 5) is 6.69. The van der Waals surface area contributed by atoms with Crippen molar-refractivity contribution in [2.45, 2.75) is 64.7 Å². The minimum absolute atomic E-state index is 0.0842. The van der Waals surface area contributed by atoms with E-state index in [2.05, 4.69) is 50.0 Å². The lowest BCUT2D eigenvalue weighted by Gasteiger charge is -2.33. The van der Waals surface area contributed by atoms with Crippen LogP contribution < -0.4 is 0 Å². The highest BCUT2D eigenvalue weighted by Gasteiger charge is 2.32. The Morgan fingerprint density at radius 2 is 2.04 bits per heavy atom. The average Bonchev–Trinajstić information content (AvgIpc) is 3.45. The van der Waals surface area contributed by atoms with Crippen LogP contribution in [0.3, 0.4) is 0 Å². The van der Waals surface area contributed by atoms with E-state index in [-0.39, 0.29) is 6.04 Å². The molecule has 0 radical (unpaired) electrons. The van der Waals surface area contributed by atoms with Gasteiger partial charge in [-0.2, -0.15) is 0 Å². The number of rotatable bonds is 8. The Hall–Kier alpha value is -2.54. The molecule has 3 heterocycles.